The first-order chi connectivity index (χ1) is 10.6. The number of hydrogen-bond donors (Lipinski definition) is 1. The van der Waals surface area contributed by atoms with E-state index in [1.54, 1.807) is 24.3 Å². The maximum Gasteiger partial charge on any atom is 0.255 e. The summed E-state index contributed by atoms with van der Waals surface area (Å²) in [5.74, 6) is -1.96. The molecule has 2 aromatic carbocycles. The van der Waals surface area contributed by atoms with Crippen molar-refractivity contribution in [2.75, 3.05) is 5.32 Å². The molecule has 0 aliphatic heterocycles. The van der Waals surface area contributed by atoms with Crippen molar-refractivity contribution in [3.8, 4) is 11.5 Å². The number of nitrogens with zero attached hydrogens (tertiary/aromatic N) is 2. The Balaban J connectivity index is 1.84. The van der Waals surface area contributed by atoms with E-state index in [-0.39, 0.29) is 5.56 Å². The number of nitrogens with one attached hydrogen (secondary N) is 1. The second-order valence-electron chi connectivity index (χ2n) is 4.44. The molecule has 0 aliphatic rings. The van der Waals surface area contributed by atoms with Crippen LogP contribution in [0.5, 0.6) is 0 Å². The first kappa shape index (κ1) is 13.9. The Bertz CT molecular complexity index is 799. The van der Waals surface area contributed by atoms with Gasteiger partial charge in [-0.1, -0.05) is 6.07 Å². The topological polar surface area (TPSA) is 68.0 Å². The summed E-state index contributed by atoms with van der Waals surface area (Å²) in [7, 11) is 0. The lowest BCUT2D eigenvalue weighted by Crippen LogP contribution is -2.12. The van der Waals surface area contributed by atoms with Crippen molar-refractivity contribution >= 4 is 11.6 Å². The molecule has 1 aromatic heterocycles. The molecule has 1 amide bonds. The van der Waals surface area contributed by atoms with Crippen LogP contribution in [0.1, 0.15) is 10.4 Å². The molecule has 3 rings (SSSR count). The predicted octanol–water partition coefficient (Wildman–Crippen LogP) is 3.27. The lowest BCUT2D eigenvalue weighted by molar-refractivity contribution is 0.102. The Morgan fingerprint density at radius 2 is 1.86 bits per heavy atom. The maximum atomic E-state index is 13.1. The lowest BCUT2D eigenvalue weighted by Gasteiger charge is -2.06. The number of hydrogen-bond acceptors (Lipinski definition) is 4. The van der Waals surface area contributed by atoms with E-state index < -0.39 is 17.5 Å². The third kappa shape index (κ3) is 2.98. The van der Waals surface area contributed by atoms with Crippen molar-refractivity contribution in [1.82, 2.24) is 10.2 Å². The summed E-state index contributed by atoms with van der Waals surface area (Å²) in [6, 6.07) is 9.27. The Morgan fingerprint density at radius 3 is 2.55 bits per heavy atom. The normalized spacial score (nSPS) is 10.5. The van der Waals surface area contributed by atoms with E-state index in [0.717, 1.165) is 12.1 Å². The van der Waals surface area contributed by atoms with E-state index in [2.05, 4.69) is 15.5 Å². The summed E-state index contributed by atoms with van der Waals surface area (Å²) >= 11 is 0. The number of anilines is 1. The zero-order valence-electron chi connectivity index (χ0n) is 11.1. The first-order valence-electron chi connectivity index (χ1n) is 6.26. The maximum absolute atomic E-state index is 13.1. The number of carbonyl (C=O) groups is 1. The molecule has 1 N–H and O–H groups in total. The Kier molecular flexibility index (Phi) is 3.61. The highest BCUT2D eigenvalue weighted by Crippen LogP contribution is 2.21. The van der Waals surface area contributed by atoms with Gasteiger partial charge in [-0.3, -0.25) is 4.79 Å². The van der Waals surface area contributed by atoms with Gasteiger partial charge in [0.05, 0.1) is 0 Å². The fourth-order valence-electron chi connectivity index (χ4n) is 1.92. The molecule has 0 spiro atoms. The van der Waals surface area contributed by atoms with Crippen molar-refractivity contribution in [1.29, 1.82) is 0 Å². The van der Waals surface area contributed by atoms with Crippen molar-refractivity contribution in [3.63, 3.8) is 0 Å². The highest BCUT2D eigenvalue weighted by molar-refractivity contribution is 6.04. The largest absolute Gasteiger partial charge is 0.423 e. The van der Waals surface area contributed by atoms with Gasteiger partial charge in [0.25, 0.3) is 5.91 Å². The lowest BCUT2D eigenvalue weighted by atomic mass is 10.1. The van der Waals surface area contributed by atoms with Gasteiger partial charge in [0.2, 0.25) is 12.3 Å². The fourth-order valence-corrected chi connectivity index (χ4v) is 1.92. The molecule has 0 saturated heterocycles. The van der Waals surface area contributed by atoms with Crippen LogP contribution >= 0.6 is 0 Å². The molecule has 0 aliphatic carbocycles. The van der Waals surface area contributed by atoms with Crippen molar-refractivity contribution in [2.24, 2.45) is 0 Å². The van der Waals surface area contributed by atoms with Gasteiger partial charge in [0, 0.05) is 22.9 Å². The van der Waals surface area contributed by atoms with Gasteiger partial charge in [-0.25, -0.2) is 8.78 Å². The number of benzene rings is 2. The fraction of sp³-hybridized carbons (Fsp3) is 0. The van der Waals surface area contributed by atoms with Gasteiger partial charge in [0.1, 0.15) is 11.6 Å². The molecule has 22 heavy (non-hydrogen) atoms. The van der Waals surface area contributed by atoms with Crippen LogP contribution in [0.25, 0.3) is 11.5 Å². The molecule has 0 unspecified atom stereocenters. The van der Waals surface area contributed by atoms with E-state index >= 15 is 0 Å². The van der Waals surface area contributed by atoms with Gasteiger partial charge in [0.15, 0.2) is 0 Å². The predicted molar refractivity (Wildman–Crippen MR) is 74.0 cm³/mol. The molecule has 0 bridgehead atoms. The summed E-state index contributed by atoms with van der Waals surface area (Å²) in [4.78, 5) is 12.0. The van der Waals surface area contributed by atoms with Crippen LogP contribution in [0.3, 0.4) is 0 Å². The van der Waals surface area contributed by atoms with E-state index in [1.165, 1.54) is 6.39 Å². The molecule has 1 heterocycles. The molecule has 0 atom stereocenters. The molecular weight excluding hydrogens is 292 g/mol. The molecule has 5 nitrogen and oxygen atoms in total. The van der Waals surface area contributed by atoms with E-state index in [1.807, 2.05) is 0 Å². The van der Waals surface area contributed by atoms with E-state index in [0.29, 0.717) is 23.2 Å². The van der Waals surface area contributed by atoms with Crippen LogP contribution in [0.2, 0.25) is 0 Å². The number of amides is 1. The summed E-state index contributed by atoms with van der Waals surface area (Å²) in [6.07, 6.45) is 1.19. The minimum absolute atomic E-state index is 0.110. The molecule has 0 fully saturated rings. The van der Waals surface area contributed by atoms with Crippen molar-refractivity contribution < 1.29 is 18.0 Å². The smallest absolute Gasteiger partial charge is 0.255 e. The van der Waals surface area contributed by atoms with Gasteiger partial charge >= 0.3 is 0 Å². The molecular formula is C15H9F2N3O2. The Hall–Kier alpha value is -3.09. The second kappa shape index (κ2) is 5.72. The summed E-state index contributed by atoms with van der Waals surface area (Å²) < 4.78 is 31.3. The zero-order valence-corrected chi connectivity index (χ0v) is 11.1. The quantitative estimate of drug-likeness (QED) is 0.806. The van der Waals surface area contributed by atoms with Crippen molar-refractivity contribution in [3.05, 3.63) is 66.1 Å². The molecule has 0 radical (unpaired) electrons. The summed E-state index contributed by atoms with van der Waals surface area (Å²) in [6.45, 7) is 0. The minimum atomic E-state index is -0.815. The summed E-state index contributed by atoms with van der Waals surface area (Å²) in [5.41, 5.74) is 0.937. The van der Waals surface area contributed by atoms with Crippen molar-refractivity contribution in [2.45, 2.75) is 0 Å². The van der Waals surface area contributed by atoms with Crippen LogP contribution < -0.4 is 5.32 Å². The minimum Gasteiger partial charge on any atom is -0.423 e. The van der Waals surface area contributed by atoms with E-state index in [9.17, 15) is 13.6 Å². The molecule has 110 valence electrons. The van der Waals surface area contributed by atoms with Crippen LogP contribution in [0.4, 0.5) is 14.5 Å². The van der Waals surface area contributed by atoms with Gasteiger partial charge in [-0.15, -0.1) is 10.2 Å². The molecule has 0 saturated carbocycles. The molecule has 3 aromatic rings. The Labute approximate surface area is 123 Å². The average Bonchev–Trinajstić information content (AvgIpc) is 3.00. The highest BCUT2D eigenvalue weighted by atomic mass is 19.1. The van der Waals surface area contributed by atoms with Gasteiger partial charge in [-0.05, 0) is 30.3 Å². The van der Waals surface area contributed by atoms with Crippen LogP contribution in [-0.2, 0) is 0 Å². The van der Waals surface area contributed by atoms with Gasteiger partial charge in [-0.2, -0.15) is 0 Å². The first-order valence-corrected chi connectivity index (χ1v) is 6.26. The van der Waals surface area contributed by atoms with Crippen LogP contribution in [0, 0.1) is 11.6 Å². The van der Waals surface area contributed by atoms with Crippen LogP contribution in [0.15, 0.2) is 53.3 Å². The number of aromatic nitrogens is 2. The third-order valence-electron chi connectivity index (χ3n) is 2.85. The highest BCUT2D eigenvalue weighted by Gasteiger charge is 2.11. The van der Waals surface area contributed by atoms with Gasteiger partial charge < -0.3 is 9.73 Å². The number of rotatable bonds is 3. The standard InChI is InChI=1S/C15H9F2N3O2/c16-11-4-10(5-12(17)7-11)14(21)19-13-3-1-2-9(6-13)15-20-18-8-22-15/h1-8H,(H,19,21). The number of halogens is 2. The van der Waals surface area contributed by atoms with Crippen LogP contribution in [-0.4, -0.2) is 16.1 Å². The zero-order chi connectivity index (χ0) is 15.5. The average molecular weight is 301 g/mol. The number of carbonyl (C=O) groups excluding carboxylic acids is 1. The summed E-state index contributed by atoms with van der Waals surface area (Å²) in [5, 5.41) is 9.88. The van der Waals surface area contributed by atoms with E-state index in [4.69, 9.17) is 4.42 Å². The molecule has 7 heteroatoms. The SMILES string of the molecule is O=C(Nc1cccc(-c2nnco2)c1)c1cc(F)cc(F)c1. The third-order valence-corrected chi connectivity index (χ3v) is 2.85. The monoisotopic (exact) mass is 301 g/mol. The Morgan fingerprint density at radius 1 is 1.09 bits per heavy atom. The second-order valence-corrected chi connectivity index (χ2v) is 4.44.